The third-order valence-corrected chi connectivity index (χ3v) is 7.70. The van der Waals surface area contributed by atoms with Gasteiger partial charge in [-0.1, -0.05) is 67.6 Å². The molecule has 8 heteroatoms. The maximum atomic E-state index is 13.3. The summed E-state index contributed by atoms with van der Waals surface area (Å²) in [4.78, 5) is 27.4. The molecule has 0 heterocycles. The van der Waals surface area contributed by atoms with Crippen LogP contribution in [0.3, 0.4) is 0 Å². The molecule has 0 bridgehead atoms. The molecule has 0 radical (unpaired) electrons. The summed E-state index contributed by atoms with van der Waals surface area (Å²) in [6.45, 7) is 1.77. The fraction of sp³-hybridized carbons (Fsp3) is 0.308. The first kappa shape index (κ1) is 25.4. The van der Waals surface area contributed by atoms with E-state index in [0.717, 1.165) is 20.6 Å². The Labute approximate surface area is 201 Å². The molecule has 0 aliphatic heterocycles. The highest BCUT2D eigenvalue weighted by molar-refractivity contribution is 7.89. The molecule has 0 fully saturated rings. The first-order chi connectivity index (χ1) is 16.3. The fourth-order valence-electron chi connectivity index (χ4n) is 3.94. The number of sulfonamides is 1. The van der Waals surface area contributed by atoms with Crippen molar-refractivity contribution in [3.63, 3.8) is 0 Å². The first-order valence-corrected chi connectivity index (χ1v) is 12.7. The molecule has 7 nitrogen and oxygen atoms in total. The maximum absolute atomic E-state index is 13.3. The van der Waals surface area contributed by atoms with Gasteiger partial charge in [-0.3, -0.25) is 9.59 Å². The van der Waals surface area contributed by atoms with E-state index < -0.39 is 22.0 Å². The average molecular weight is 482 g/mol. The van der Waals surface area contributed by atoms with Gasteiger partial charge in [-0.25, -0.2) is 8.42 Å². The Morgan fingerprint density at radius 3 is 2.24 bits per heavy atom. The van der Waals surface area contributed by atoms with Gasteiger partial charge in [0.05, 0.1) is 11.4 Å². The zero-order valence-corrected chi connectivity index (χ0v) is 20.6. The number of likely N-dealkylation sites (N-methyl/N-ethyl adjacent to an activating group) is 2. The second kappa shape index (κ2) is 11.3. The number of rotatable bonds is 10. The van der Waals surface area contributed by atoms with Crippen molar-refractivity contribution in [3.8, 4) is 0 Å². The molecule has 180 valence electrons. The van der Waals surface area contributed by atoms with Crippen molar-refractivity contribution in [3.05, 3.63) is 78.4 Å². The van der Waals surface area contributed by atoms with Crippen LogP contribution in [0.1, 0.15) is 18.9 Å². The van der Waals surface area contributed by atoms with E-state index in [0.29, 0.717) is 19.4 Å². The van der Waals surface area contributed by atoms with Crippen molar-refractivity contribution in [1.82, 2.24) is 14.5 Å². The van der Waals surface area contributed by atoms with Crippen LogP contribution in [-0.4, -0.2) is 62.7 Å². The number of fused-ring (bicyclic) bond motifs is 1. The smallest absolute Gasteiger partial charge is 0.243 e. The Kier molecular flexibility index (Phi) is 8.41. The number of carbonyl (C=O) groups excluding carboxylic acids is 2. The van der Waals surface area contributed by atoms with Gasteiger partial charge in [0, 0.05) is 20.6 Å². The lowest BCUT2D eigenvalue weighted by Gasteiger charge is -2.31. The van der Waals surface area contributed by atoms with E-state index in [9.17, 15) is 18.0 Å². The van der Waals surface area contributed by atoms with Crippen LogP contribution in [0.2, 0.25) is 0 Å². The normalized spacial score (nSPS) is 12.5. The predicted molar refractivity (Wildman–Crippen MR) is 134 cm³/mol. The van der Waals surface area contributed by atoms with Gasteiger partial charge in [0.1, 0.15) is 6.04 Å². The average Bonchev–Trinajstić information content (AvgIpc) is 2.86. The SMILES string of the molecule is CC[C@@H](C(=O)NC)N(CCc1ccccc1)C(=O)CN(C)S(=O)(=O)c1ccc2ccccc2c1. The molecule has 0 aliphatic rings. The Balaban J connectivity index is 1.82. The molecule has 0 spiro atoms. The Hall–Kier alpha value is -3.23. The second-order valence-electron chi connectivity index (χ2n) is 8.13. The van der Waals surface area contributed by atoms with Crippen LogP contribution in [0, 0.1) is 0 Å². The van der Waals surface area contributed by atoms with Gasteiger partial charge in [0.2, 0.25) is 21.8 Å². The highest BCUT2D eigenvalue weighted by Gasteiger charge is 2.31. The number of hydrogen-bond acceptors (Lipinski definition) is 4. The minimum Gasteiger partial charge on any atom is -0.357 e. The highest BCUT2D eigenvalue weighted by atomic mass is 32.2. The summed E-state index contributed by atoms with van der Waals surface area (Å²) in [5.41, 5.74) is 1.03. The number of hydrogen-bond donors (Lipinski definition) is 1. The molecule has 3 rings (SSSR count). The van der Waals surface area contributed by atoms with Crippen molar-refractivity contribution in [2.75, 3.05) is 27.2 Å². The minimum atomic E-state index is -3.90. The molecule has 0 unspecified atom stereocenters. The van der Waals surface area contributed by atoms with Gasteiger partial charge in [-0.2, -0.15) is 4.31 Å². The third kappa shape index (κ3) is 5.81. The zero-order chi connectivity index (χ0) is 24.7. The van der Waals surface area contributed by atoms with Crippen molar-refractivity contribution >= 4 is 32.6 Å². The lowest BCUT2D eigenvalue weighted by atomic mass is 10.1. The molecule has 1 N–H and O–H groups in total. The lowest BCUT2D eigenvalue weighted by Crippen LogP contribution is -2.52. The fourth-order valence-corrected chi connectivity index (χ4v) is 5.09. The van der Waals surface area contributed by atoms with Gasteiger partial charge < -0.3 is 10.2 Å². The highest BCUT2D eigenvalue weighted by Crippen LogP contribution is 2.21. The summed E-state index contributed by atoms with van der Waals surface area (Å²) in [7, 11) is -0.983. The van der Waals surface area contributed by atoms with E-state index in [1.54, 1.807) is 18.2 Å². The molecule has 0 aliphatic carbocycles. The van der Waals surface area contributed by atoms with Crippen LogP contribution in [0.4, 0.5) is 0 Å². The van der Waals surface area contributed by atoms with E-state index in [-0.39, 0.29) is 17.3 Å². The molecule has 2 amide bonds. The first-order valence-electron chi connectivity index (χ1n) is 11.3. The summed E-state index contributed by atoms with van der Waals surface area (Å²) in [5, 5.41) is 4.35. The van der Waals surface area contributed by atoms with E-state index >= 15 is 0 Å². The summed E-state index contributed by atoms with van der Waals surface area (Å²) in [5.74, 6) is -0.692. The molecular formula is C26H31N3O4S. The van der Waals surface area contributed by atoms with Crippen molar-refractivity contribution in [2.24, 2.45) is 0 Å². The number of nitrogens with one attached hydrogen (secondary N) is 1. The Bertz CT molecular complexity index is 1250. The van der Waals surface area contributed by atoms with E-state index in [1.807, 2.05) is 61.5 Å². The number of nitrogens with zero attached hydrogens (tertiary/aromatic N) is 2. The summed E-state index contributed by atoms with van der Waals surface area (Å²) in [6, 6.07) is 21.4. The summed E-state index contributed by atoms with van der Waals surface area (Å²) >= 11 is 0. The quantitative estimate of drug-likeness (QED) is 0.482. The van der Waals surface area contributed by atoms with Gasteiger partial charge in [0.15, 0.2) is 0 Å². The molecule has 0 saturated heterocycles. The molecule has 3 aromatic carbocycles. The molecule has 0 aromatic heterocycles. The predicted octanol–water partition coefficient (Wildman–Crippen LogP) is 3.06. The number of carbonyl (C=O) groups is 2. The van der Waals surface area contributed by atoms with Crippen LogP contribution in [0.5, 0.6) is 0 Å². The van der Waals surface area contributed by atoms with Crippen LogP contribution in [0.25, 0.3) is 10.8 Å². The van der Waals surface area contributed by atoms with Gasteiger partial charge in [-0.15, -0.1) is 0 Å². The lowest BCUT2D eigenvalue weighted by molar-refractivity contribution is -0.140. The zero-order valence-electron chi connectivity index (χ0n) is 19.8. The molecule has 3 aromatic rings. The maximum Gasteiger partial charge on any atom is 0.243 e. The van der Waals surface area contributed by atoms with E-state index in [1.165, 1.54) is 19.0 Å². The molecule has 1 atom stereocenters. The van der Waals surface area contributed by atoms with Crippen LogP contribution in [0.15, 0.2) is 77.7 Å². The van der Waals surface area contributed by atoms with Crippen molar-refractivity contribution in [1.29, 1.82) is 0 Å². The third-order valence-electron chi connectivity index (χ3n) is 5.90. The standard InChI is InChI=1S/C26H31N3O4S/c1-4-24(26(31)27-2)29(17-16-20-10-6-5-7-11-20)25(30)19-28(3)34(32,33)23-15-14-21-12-8-9-13-22(21)18-23/h5-15,18,24H,4,16-17,19H2,1-3H3,(H,27,31)/t24-/m0/s1. The number of benzene rings is 3. The summed E-state index contributed by atoms with van der Waals surface area (Å²) < 4.78 is 27.5. The van der Waals surface area contributed by atoms with Gasteiger partial charge >= 0.3 is 0 Å². The molecular weight excluding hydrogens is 450 g/mol. The van der Waals surface area contributed by atoms with Crippen LogP contribution >= 0.6 is 0 Å². The second-order valence-corrected chi connectivity index (χ2v) is 10.2. The topological polar surface area (TPSA) is 86.8 Å². The van der Waals surface area contributed by atoms with Crippen molar-refractivity contribution in [2.45, 2.75) is 30.7 Å². The largest absolute Gasteiger partial charge is 0.357 e. The Morgan fingerprint density at radius 2 is 1.59 bits per heavy atom. The van der Waals surface area contributed by atoms with E-state index in [4.69, 9.17) is 0 Å². The molecule has 34 heavy (non-hydrogen) atoms. The van der Waals surface area contributed by atoms with Gasteiger partial charge in [0.25, 0.3) is 0 Å². The van der Waals surface area contributed by atoms with Crippen molar-refractivity contribution < 1.29 is 18.0 Å². The Morgan fingerprint density at radius 1 is 0.941 bits per heavy atom. The van der Waals surface area contributed by atoms with Crippen LogP contribution in [-0.2, 0) is 26.0 Å². The monoisotopic (exact) mass is 481 g/mol. The van der Waals surface area contributed by atoms with Crippen LogP contribution < -0.4 is 5.32 Å². The molecule has 0 saturated carbocycles. The minimum absolute atomic E-state index is 0.121. The number of amides is 2. The van der Waals surface area contributed by atoms with E-state index in [2.05, 4.69) is 5.32 Å². The van der Waals surface area contributed by atoms with Gasteiger partial charge in [-0.05, 0) is 41.3 Å². The summed E-state index contributed by atoms with van der Waals surface area (Å²) in [6.07, 6.45) is 0.975.